The molecular formula is C17H25N5OS. The summed E-state index contributed by atoms with van der Waals surface area (Å²) in [5.74, 6) is 1.42. The van der Waals surface area contributed by atoms with E-state index in [0.29, 0.717) is 12.5 Å². The molecule has 24 heavy (non-hydrogen) atoms. The Bertz CT molecular complexity index is 658. The molecule has 7 heteroatoms. The number of nitrogens with zero attached hydrogens (tertiary/aromatic N) is 3. The van der Waals surface area contributed by atoms with Gasteiger partial charge in [0.1, 0.15) is 10.8 Å². The Morgan fingerprint density at radius 3 is 2.79 bits per heavy atom. The number of aromatic nitrogens is 3. The van der Waals surface area contributed by atoms with Gasteiger partial charge >= 0.3 is 6.03 Å². The highest BCUT2D eigenvalue weighted by Crippen LogP contribution is 2.39. The Kier molecular flexibility index (Phi) is 5.18. The first-order chi connectivity index (χ1) is 11.6. The summed E-state index contributed by atoms with van der Waals surface area (Å²) in [4.78, 5) is 21.2. The summed E-state index contributed by atoms with van der Waals surface area (Å²) in [7, 11) is 0. The topological polar surface area (TPSA) is 71.8 Å². The van der Waals surface area contributed by atoms with Crippen LogP contribution in [0.25, 0.3) is 0 Å². The summed E-state index contributed by atoms with van der Waals surface area (Å²) in [6, 6.07) is -0.147. The predicted molar refractivity (Wildman–Crippen MR) is 94.7 cm³/mol. The van der Waals surface area contributed by atoms with Crippen LogP contribution in [0.1, 0.15) is 50.4 Å². The second-order valence-electron chi connectivity index (χ2n) is 6.82. The van der Waals surface area contributed by atoms with Gasteiger partial charge in [-0.2, -0.15) is 0 Å². The van der Waals surface area contributed by atoms with E-state index < -0.39 is 0 Å². The molecule has 0 spiro atoms. The normalized spacial score (nSPS) is 16.5. The first-order valence-corrected chi connectivity index (χ1v) is 9.43. The number of hydrogen-bond acceptors (Lipinski definition) is 4. The van der Waals surface area contributed by atoms with Crippen LogP contribution in [0.3, 0.4) is 0 Å². The van der Waals surface area contributed by atoms with Crippen LogP contribution in [0.2, 0.25) is 0 Å². The Morgan fingerprint density at radius 2 is 2.12 bits per heavy atom. The van der Waals surface area contributed by atoms with Crippen molar-refractivity contribution in [2.24, 2.45) is 5.92 Å². The number of amides is 2. The van der Waals surface area contributed by atoms with E-state index in [2.05, 4.69) is 39.0 Å². The van der Waals surface area contributed by atoms with Gasteiger partial charge < -0.3 is 15.2 Å². The van der Waals surface area contributed by atoms with Gasteiger partial charge in [0.05, 0.1) is 12.1 Å². The lowest BCUT2D eigenvalue weighted by Gasteiger charge is -2.28. The van der Waals surface area contributed by atoms with E-state index in [1.54, 1.807) is 17.5 Å². The minimum Gasteiger partial charge on any atom is -0.333 e. The van der Waals surface area contributed by atoms with E-state index in [0.717, 1.165) is 43.1 Å². The summed E-state index contributed by atoms with van der Waals surface area (Å²) in [6.45, 7) is 5.67. The van der Waals surface area contributed by atoms with Crippen LogP contribution < -0.4 is 10.6 Å². The zero-order valence-corrected chi connectivity index (χ0v) is 15.1. The summed E-state index contributed by atoms with van der Waals surface area (Å²) in [6.07, 6.45) is 9.71. The molecule has 1 aliphatic carbocycles. The van der Waals surface area contributed by atoms with Crippen molar-refractivity contribution in [3.63, 3.8) is 0 Å². The van der Waals surface area contributed by atoms with Crippen molar-refractivity contribution >= 4 is 17.4 Å². The molecule has 3 rings (SSSR count). The molecule has 1 fully saturated rings. The fourth-order valence-electron chi connectivity index (χ4n) is 3.32. The Balaban J connectivity index is 1.60. The molecule has 1 saturated carbocycles. The Labute approximate surface area is 146 Å². The molecule has 0 bridgehead atoms. The number of rotatable bonds is 6. The lowest BCUT2D eigenvalue weighted by molar-refractivity contribution is 0.223. The van der Waals surface area contributed by atoms with Gasteiger partial charge in [0.15, 0.2) is 0 Å². The third-order valence-corrected chi connectivity index (χ3v) is 5.40. The highest BCUT2D eigenvalue weighted by Gasteiger charge is 2.39. The van der Waals surface area contributed by atoms with E-state index in [1.165, 1.54) is 0 Å². The van der Waals surface area contributed by atoms with Crippen molar-refractivity contribution in [1.82, 2.24) is 25.2 Å². The van der Waals surface area contributed by atoms with Gasteiger partial charge in [0.25, 0.3) is 0 Å². The molecule has 2 N–H and O–H groups in total. The SMILES string of the molecule is CC(C)Cn1ccnc1CNC(=O)NC1(c2nccs2)CCCC1. The average Bonchev–Trinajstić information content (AvgIpc) is 3.27. The van der Waals surface area contributed by atoms with E-state index in [9.17, 15) is 4.79 Å². The maximum absolute atomic E-state index is 12.4. The van der Waals surface area contributed by atoms with Gasteiger partial charge in [-0.3, -0.25) is 0 Å². The van der Waals surface area contributed by atoms with Gasteiger partial charge in [-0.1, -0.05) is 26.7 Å². The quantitative estimate of drug-likeness (QED) is 0.842. The third kappa shape index (κ3) is 3.77. The largest absolute Gasteiger partial charge is 0.333 e. The van der Waals surface area contributed by atoms with E-state index in [1.807, 2.05) is 17.8 Å². The Hall–Kier alpha value is -1.89. The smallest absolute Gasteiger partial charge is 0.315 e. The molecule has 0 aliphatic heterocycles. The first kappa shape index (κ1) is 17.0. The summed E-state index contributed by atoms with van der Waals surface area (Å²) < 4.78 is 2.09. The van der Waals surface area contributed by atoms with E-state index >= 15 is 0 Å². The second kappa shape index (κ2) is 7.34. The van der Waals surface area contributed by atoms with Crippen LogP contribution in [-0.2, 0) is 18.6 Å². The molecule has 1 aliphatic rings. The summed E-state index contributed by atoms with van der Waals surface area (Å²) in [5, 5.41) is 9.11. The fraction of sp³-hybridized carbons (Fsp3) is 0.588. The zero-order chi connectivity index (χ0) is 17.0. The van der Waals surface area contributed by atoms with Crippen molar-refractivity contribution in [3.05, 3.63) is 34.8 Å². The van der Waals surface area contributed by atoms with Crippen LogP contribution in [0.15, 0.2) is 24.0 Å². The number of imidazole rings is 1. The fourth-order valence-corrected chi connectivity index (χ4v) is 4.17. The van der Waals surface area contributed by atoms with Crippen molar-refractivity contribution in [1.29, 1.82) is 0 Å². The predicted octanol–water partition coefficient (Wildman–Crippen LogP) is 3.26. The van der Waals surface area contributed by atoms with Gasteiger partial charge in [-0.25, -0.2) is 14.8 Å². The van der Waals surface area contributed by atoms with Crippen molar-refractivity contribution < 1.29 is 4.79 Å². The molecule has 2 aromatic heterocycles. The van der Waals surface area contributed by atoms with Gasteiger partial charge in [0.2, 0.25) is 0 Å². The number of hydrogen-bond donors (Lipinski definition) is 2. The van der Waals surface area contributed by atoms with E-state index in [4.69, 9.17) is 0 Å². The molecule has 0 radical (unpaired) electrons. The number of carbonyl (C=O) groups is 1. The highest BCUT2D eigenvalue weighted by atomic mass is 32.1. The molecule has 0 aromatic carbocycles. The molecule has 0 atom stereocenters. The maximum Gasteiger partial charge on any atom is 0.315 e. The van der Waals surface area contributed by atoms with Crippen LogP contribution in [-0.4, -0.2) is 20.6 Å². The average molecular weight is 347 g/mol. The highest BCUT2D eigenvalue weighted by molar-refractivity contribution is 7.09. The minimum absolute atomic E-state index is 0.147. The Morgan fingerprint density at radius 1 is 1.33 bits per heavy atom. The monoisotopic (exact) mass is 347 g/mol. The molecule has 6 nitrogen and oxygen atoms in total. The maximum atomic E-state index is 12.4. The number of urea groups is 1. The molecule has 0 unspecified atom stereocenters. The van der Waals surface area contributed by atoms with Crippen LogP contribution in [0, 0.1) is 5.92 Å². The van der Waals surface area contributed by atoms with Gasteiger partial charge in [-0.15, -0.1) is 11.3 Å². The second-order valence-corrected chi connectivity index (χ2v) is 7.72. The molecule has 130 valence electrons. The van der Waals surface area contributed by atoms with E-state index in [-0.39, 0.29) is 11.6 Å². The third-order valence-electron chi connectivity index (χ3n) is 4.42. The molecule has 2 heterocycles. The molecule has 2 amide bonds. The lowest BCUT2D eigenvalue weighted by Crippen LogP contribution is -2.48. The number of nitrogens with one attached hydrogen (secondary N) is 2. The van der Waals surface area contributed by atoms with Crippen molar-refractivity contribution in [2.75, 3.05) is 0 Å². The molecule has 2 aromatic rings. The van der Waals surface area contributed by atoms with Crippen molar-refractivity contribution in [3.8, 4) is 0 Å². The molecular weight excluding hydrogens is 322 g/mol. The number of thiazole rings is 1. The van der Waals surface area contributed by atoms with Crippen LogP contribution >= 0.6 is 11.3 Å². The first-order valence-electron chi connectivity index (χ1n) is 8.55. The van der Waals surface area contributed by atoms with Crippen LogP contribution in [0.5, 0.6) is 0 Å². The standard InChI is InChI=1S/C17H25N5OS/c1-13(2)12-22-9-7-18-14(22)11-20-16(23)21-17(5-3-4-6-17)15-19-8-10-24-15/h7-10,13H,3-6,11-12H2,1-2H3,(H2,20,21,23). The lowest BCUT2D eigenvalue weighted by atomic mass is 9.99. The minimum atomic E-state index is -0.300. The summed E-state index contributed by atoms with van der Waals surface area (Å²) >= 11 is 1.62. The van der Waals surface area contributed by atoms with Gasteiger partial charge in [-0.05, 0) is 18.8 Å². The molecule has 0 saturated heterocycles. The van der Waals surface area contributed by atoms with Gasteiger partial charge in [0, 0.05) is 30.5 Å². The number of carbonyl (C=O) groups excluding carboxylic acids is 1. The van der Waals surface area contributed by atoms with Crippen LogP contribution in [0.4, 0.5) is 4.79 Å². The summed E-state index contributed by atoms with van der Waals surface area (Å²) in [5.41, 5.74) is -0.300. The van der Waals surface area contributed by atoms with Crippen molar-refractivity contribution in [2.45, 2.75) is 58.2 Å². The zero-order valence-electron chi connectivity index (χ0n) is 14.3.